The minimum atomic E-state index is -0.381. The first-order valence-corrected chi connectivity index (χ1v) is 9.25. The number of benzene rings is 1. The number of aryl methyl sites for hydroxylation is 1. The predicted octanol–water partition coefficient (Wildman–Crippen LogP) is 2.97. The first-order chi connectivity index (χ1) is 12.6. The maximum atomic E-state index is 12.3. The van der Waals surface area contributed by atoms with Crippen molar-refractivity contribution in [2.24, 2.45) is 0 Å². The number of carbonyl (C=O) groups excluding carboxylic acids is 2. The summed E-state index contributed by atoms with van der Waals surface area (Å²) in [5.41, 5.74) is 0.872. The Morgan fingerprint density at radius 3 is 2.69 bits per heavy atom. The van der Waals surface area contributed by atoms with Crippen LogP contribution in [0.2, 0.25) is 0 Å². The Hall–Kier alpha value is -2.24. The van der Waals surface area contributed by atoms with Crippen molar-refractivity contribution in [1.29, 1.82) is 0 Å². The molecule has 1 aromatic carbocycles. The number of hydrogen-bond acceptors (Lipinski definition) is 5. The summed E-state index contributed by atoms with van der Waals surface area (Å²) in [5.74, 6) is 0.777. The number of ether oxygens (including phenoxy) is 3. The molecule has 0 spiro atoms. The molecule has 0 radical (unpaired) electrons. The van der Waals surface area contributed by atoms with Crippen LogP contribution in [0.5, 0.6) is 11.5 Å². The van der Waals surface area contributed by atoms with Gasteiger partial charge in [0.15, 0.2) is 18.1 Å². The Balaban J connectivity index is 1.83. The number of likely N-dealkylation sites (tertiary alicyclic amines) is 1. The van der Waals surface area contributed by atoms with E-state index < -0.39 is 0 Å². The van der Waals surface area contributed by atoms with Crippen LogP contribution < -0.4 is 9.47 Å². The summed E-state index contributed by atoms with van der Waals surface area (Å²) in [6.07, 6.45) is 4.81. The SMILES string of the molecule is CCC1CCCCN1C(=O)COC(=O)CCc1cccc(OC)c1OC. The van der Waals surface area contributed by atoms with Crippen molar-refractivity contribution in [3.05, 3.63) is 23.8 Å². The number of esters is 1. The van der Waals surface area contributed by atoms with Crippen molar-refractivity contribution in [2.75, 3.05) is 27.4 Å². The van der Waals surface area contributed by atoms with Gasteiger partial charge in [0.25, 0.3) is 5.91 Å². The van der Waals surface area contributed by atoms with E-state index in [1.165, 1.54) is 0 Å². The van der Waals surface area contributed by atoms with Gasteiger partial charge in [-0.15, -0.1) is 0 Å². The third kappa shape index (κ3) is 5.13. The molecule has 6 nitrogen and oxygen atoms in total. The van der Waals surface area contributed by atoms with Gasteiger partial charge in [-0.1, -0.05) is 19.1 Å². The van der Waals surface area contributed by atoms with E-state index >= 15 is 0 Å². The molecule has 1 unspecified atom stereocenters. The van der Waals surface area contributed by atoms with Gasteiger partial charge in [-0.2, -0.15) is 0 Å². The maximum absolute atomic E-state index is 12.3. The second-order valence-electron chi connectivity index (χ2n) is 6.46. The van der Waals surface area contributed by atoms with Crippen molar-refractivity contribution < 1.29 is 23.8 Å². The zero-order chi connectivity index (χ0) is 18.9. The fourth-order valence-corrected chi connectivity index (χ4v) is 3.44. The number of nitrogens with zero attached hydrogens (tertiary/aromatic N) is 1. The van der Waals surface area contributed by atoms with Crippen LogP contribution >= 0.6 is 0 Å². The molecule has 1 atom stereocenters. The molecule has 26 heavy (non-hydrogen) atoms. The lowest BCUT2D eigenvalue weighted by molar-refractivity contribution is -0.153. The van der Waals surface area contributed by atoms with Gasteiger partial charge >= 0.3 is 5.97 Å². The number of hydrogen-bond donors (Lipinski definition) is 0. The van der Waals surface area contributed by atoms with Crippen molar-refractivity contribution in [2.45, 2.75) is 51.5 Å². The van der Waals surface area contributed by atoms with Gasteiger partial charge in [-0.3, -0.25) is 9.59 Å². The van der Waals surface area contributed by atoms with E-state index in [-0.39, 0.29) is 30.9 Å². The molecule has 144 valence electrons. The molecule has 1 aliphatic rings. The van der Waals surface area contributed by atoms with Crippen LogP contribution in [0.4, 0.5) is 0 Å². The van der Waals surface area contributed by atoms with Crippen molar-refractivity contribution in [3.63, 3.8) is 0 Å². The van der Waals surface area contributed by atoms with Crippen LogP contribution in [-0.2, 0) is 20.7 Å². The molecule has 1 heterocycles. The second-order valence-corrected chi connectivity index (χ2v) is 6.46. The Labute approximate surface area is 155 Å². The molecular formula is C20H29NO5. The van der Waals surface area contributed by atoms with Gasteiger partial charge in [0.2, 0.25) is 0 Å². The highest BCUT2D eigenvalue weighted by Crippen LogP contribution is 2.31. The molecule has 1 aliphatic heterocycles. The summed E-state index contributed by atoms with van der Waals surface area (Å²) >= 11 is 0. The average molecular weight is 363 g/mol. The van der Waals surface area contributed by atoms with Crippen LogP contribution in [0.3, 0.4) is 0 Å². The molecule has 1 amide bonds. The van der Waals surface area contributed by atoms with E-state index in [0.717, 1.165) is 37.8 Å². The molecule has 1 saturated heterocycles. The van der Waals surface area contributed by atoms with Gasteiger partial charge in [-0.05, 0) is 43.7 Å². The predicted molar refractivity (Wildman–Crippen MR) is 98.5 cm³/mol. The van der Waals surface area contributed by atoms with Crippen LogP contribution in [0, 0.1) is 0 Å². The van der Waals surface area contributed by atoms with Gasteiger partial charge < -0.3 is 19.1 Å². The molecule has 0 N–H and O–H groups in total. The number of methoxy groups -OCH3 is 2. The largest absolute Gasteiger partial charge is 0.493 e. The van der Waals surface area contributed by atoms with E-state index in [0.29, 0.717) is 17.9 Å². The third-order valence-corrected chi connectivity index (χ3v) is 4.86. The minimum Gasteiger partial charge on any atom is -0.493 e. The standard InChI is InChI=1S/C20H29NO5/c1-4-16-9-5-6-13-21(16)18(22)14-26-19(23)12-11-15-8-7-10-17(24-2)20(15)25-3/h7-8,10,16H,4-6,9,11-14H2,1-3H3. The fraction of sp³-hybridized carbons (Fsp3) is 0.600. The molecule has 1 aromatic rings. The maximum Gasteiger partial charge on any atom is 0.306 e. The van der Waals surface area contributed by atoms with Crippen molar-refractivity contribution in [1.82, 2.24) is 4.90 Å². The summed E-state index contributed by atoms with van der Waals surface area (Å²) in [6, 6.07) is 5.82. The number of carbonyl (C=O) groups is 2. The summed E-state index contributed by atoms with van der Waals surface area (Å²) in [6.45, 7) is 2.67. The minimum absolute atomic E-state index is 0.0936. The summed E-state index contributed by atoms with van der Waals surface area (Å²) < 4.78 is 15.8. The van der Waals surface area contributed by atoms with Crippen LogP contribution in [0.25, 0.3) is 0 Å². The van der Waals surface area contributed by atoms with Crippen molar-refractivity contribution in [3.8, 4) is 11.5 Å². The number of para-hydroxylation sites is 1. The molecule has 0 aliphatic carbocycles. The first kappa shape index (κ1) is 20.1. The van der Waals surface area contributed by atoms with Crippen molar-refractivity contribution >= 4 is 11.9 Å². The molecule has 0 aromatic heterocycles. The quantitative estimate of drug-likeness (QED) is 0.665. The Kier molecular flexibility index (Phi) is 7.75. The lowest BCUT2D eigenvalue weighted by atomic mass is 10.00. The summed E-state index contributed by atoms with van der Waals surface area (Å²) in [7, 11) is 3.15. The topological polar surface area (TPSA) is 65.1 Å². The number of piperidine rings is 1. The molecule has 2 rings (SSSR count). The summed E-state index contributed by atoms with van der Waals surface area (Å²) in [5, 5.41) is 0. The summed E-state index contributed by atoms with van der Waals surface area (Å²) in [4.78, 5) is 26.2. The second kappa shape index (κ2) is 10.0. The smallest absolute Gasteiger partial charge is 0.306 e. The van der Waals surface area contributed by atoms with E-state index in [4.69, 9.17) is 14.2 Å². The van der Waals surface area contributed by atoms with Gasteiger partial charge in [0.05, 0.1) is 14.2 Å². The highest BCUT2D eigenvalue weighted by molar-refractivity contribution is 5.81. The molecular weight excluding hydrogens is 334 g/mol. The highest BCUT2D eigenvalue weighted by Gasteiger charge is 2.25. The Bertz CT molecular complexity index is 616. The van der Waals surface area contributed by atoms with E-state index in [9.17, 15) is 9.59 Å². The van der Waals surface area contributed by atoms with Crippen LogP contribution in [-0.4, -0.2) is 50.2 Å². The van der Waals surface area contributed by atoms with Gasteiger partial charge in [0.1, 0.15) is 0 Å². The molecule has 6 heteroatoms. The van der Waals surface area contributed by atoms with Crippen LogP contribution in [0.15, 0.2) is 18.2 Å². The fourth-order valence-electron chi connectivity index (χ4n) is 3.44. The Morgan fingerprint density at radius 1 is 1.19 bits per heavy atom. The number of rotatable bonds is 8. The lowest BCUT2D eigenvalue weighted by Gasteiger charge is -2.35. The lowest BCUT2D eigenvalue weighted by Crippen LogP contribution is -2.45. The zero-order valence-corrected chi connectivity index (χ0v) is 16.0. The van der Waals surface area contributed by atoms with Crippen LogP contribution in [0.1, 0.15) is 44.6 Å². The normalized spacial score (nSPS) is 16.9. The zero-order valence-electron chi connectivity index (χ0n) is 16.0. The highest BCUT2D eigenvalue weighted by atomic mass is 16.5. The molecule has 0 saturated carbocycles. The van der Waals surface area contributed by atoms with Gasteiger partial charge in [-0.25, -0.2) is 0 Å². The Morgan fingerprint density at radius 2 is 2.00 bits per heavy atom. The average Bonchev–Trinajstić information content (AvgIpc) is 2.69. The van der Waals surface area contributed by atoms with E-state index in [1.807, 2.05) is 23.1 Å². The molecule has 0 bridgehead atoms. The van der Waals surface area contributed by atoms with Gasteiger partial charge in [0, 0.05) is 19.0 Å². The van der Waals surface area contributed by atoms with E-state index in [1.54, 1.807) is 14.2 Å². The first-order valence-electron chi connectivity index (χ1n) is 9.25. The monoisotopic (exact) mass is 363 g/mol. The third-order valence-electron chi connectivity index (χ3n) is 4.86. The van der Waals surface area contributed by atoms with E-state index in [2.05, 4.69) is 6.92 Å². The molecule has 1 fully saturated rings. The number of amides is 1.